The normalized spacial score (nSPS) is 20.8. The minimum atomic E-state index is -1.39. The number of aromatic amines is 1. The molecule has 1 atom stereocenters. The Hall–Kier alpha value is -3.43. The van der Waals surface area contributed by atoms with E-state index in [4.69, 9.17) is 9.47 Å². The Morgan fingerprint density at radius 1 is 1.15 bits per heavy atom. The van der Waals surface area contributed by atoms with E-state index in [1.54, 1.807) is 4.90 Å². The van der Waals surface area contributed by atoms with Crippen molar-refractivity contribution < 1.29 is 24.2 Å². The number of hydrogen-bond acceptors (Lipinski definition) is 6. The number of fused-ring (bicyclic) bond motifs is 2. The lowest BCUT2D eigenvalue weighted by atomic mass is 9.85. The van der Waals surface area contributed by atoms with E-state index >= 15 is 0 Å². The summed E-state index contributed by atoms with van der Waals surface area (Å²) < 4.78 is 11.2. The molecule has 218 valence electrons. The first kappa shape index (κ1) is 27.7. The predicted octanol–water partition coefficient (Wildman–Crippen LogP) is 5.04. The highest BCUT2D eigenvalue weighted by Gasteiger charge is 2.42. The van der Waals surface area contributed by atoms with E-state index in [1.807, 2.05) is 38.1 Å². The Labute approximate surface area is 240 Å². The van der Waals surface area contributed by atoms with Crippen LogP contribution >= 0.6 is 0 Å². The maximum Gasteiger partial charge on any atom is 0.410 e. The predicted molar refractivity (Wildman–Crippen MR) is 155 cm³/mol. The molecule has 6 rings (SSSR count). The van der Waals surface area contributed by atoms with Gasteiger partial charge >= 0.3 is 6.09 Å². The molecule has 2 amide bonds. The topological polar surface area (TPSA) is 108 Å². The second kappa shape index (κ2) is 10.4. The van der Waals surface area contributed by atoms with Crippen LogP contribution in [0.25, 0.3) is 22.2 Å². The second-order valence-electron chi connectivity index (χ2n) is 12.7. The number of hydrogen-bond donors (Lipinski definition) is 2. The van der Waals surface area contributed by atoms with Gasteiger partial charge in [-0.05, 0) is 86.9 Å². The molecule has 3 aliphatic heterocycles. The maximum absolute atomic E-state index is 13.6. The number of aryl methyl sites for hydroxylation is 1. The van der Waals surface area contributed by atoms with Gasteiger partial charge in [0.25, 0.3) is 5.91 Å². The fraction of sp³-hybridized carbons (Fsp3) is 0.531. The van der Waals surface area contributed by atoms with Gasteiger partial charge in [-0.25, -0.2) is 9.78 Å². The SMILES string of the molecule is Cc1c[nH]c2ncc(-c3cc4c(c([C@@H]5CCCN5C(=O)OC(C)(C)C)c3)CN(C(=O)C3(O)CCOCC3)CC4)cc12. The average molecular weight is 561 g/mol. The molecule has 9 heteroatoms. The zero-order valence-corrected chi connectivity index (χ0v) is 24.5. The Morgan fingerprint density at radius 3 is 2.68 bits per heavy atom. The summed E-state index contributed by atoms with van der Waals surface area (Å²) in [7, 11) is 0. The van der Waals surface area contributed by atoms with Gasteiger partial charge in [0.2, 0.25) is 0 Å². The number of benzene rings is 1. The van der Waals surface area contributed by atoms with E-state index in [1.165, 1.54) is 5.56 Å². The van der Waals surface area contributed by atoms with Gasteiger partial charge in [0, 0.05) is 69.0 Å². The Kier molecular flexibility index (Phi) is 7.06. The van der Waals surface area contributed by atoms with Crippen molar-refractivity contribution in [2.24, 2.45) is 0 Å². The molecular formula is C32H40N4O5. The van der Waals surface area contributed by atoms with Crippen LogP contribution in [0.5, 0.6) is 0 Å². The van der Waals surface area contributed by atoms with Crippen LogP contribution < -0.4 is 0 Å². The summed E-state index contributed by atoms with van der Waals surface area (Å²) in [6.45, 7) is 10.0. The van der Waals surface area contributed by atoms with Crippen molar-refractivity contribution in [2.45, 2.75) is 83.6 Å². The average Bonchev–Trinajstić information content (AvgIpc) is 3.58. The van der Waals surface area contributed by atoms with Crippen molar-refractivity contribution in [3.8, 4) is 11.1 Å². The minimum Gasteiger partial charge on any atom is -0.444 e. The smallest absolute Gasteiger partial charge is 0.410 e. The fourth-order valence-corrected chi connectivity index (χ4v) is 6.47. The number of carbonyl (C=O) groups is 2. The Bertz CT molecular complexity index is 1480. The lowest BCUT2D eigenvalue weighted by Crippen LogP contribution is -2.53. The van der Waals surface area contributed by atoms with Gasteiger partial charge in [-0.1, -0.05) is 6.07 Å². The van der Waals surface area contributed by atoms with E-state index in [0.717, 1.165) is 51.7 Å². The minimum absolute atomic E-state index is 0.162. The molecular weight excluding hydrogens is 520 g/mol. The van der Waals surface area contributed by atoms with Gasteiger partial charge < -0.3 is 29.4 Å². The second-order valence-corrected chi connectivity index (χ2v) is 12.7. The first-order valence-corrected chi connectivity index (χ1v) is 14.7. The molecule has 5 heterocycles. The van der Waals surface area contributed by atoms with Crippen molar-refractivity contribution >= 4 is 23.0 Å². The molecule has 3 aromatic rings. The molecule has 0 unspecified atom stereocenters. The van der Waals surface area contributed by atoms with Crippen molar-refractivity contribution in [1.29, 1.82) is 0 Å². The molecule has 41 heavy (non-hydrogen) atoms. The third-order valence-electron chi connectivity index (χ3n) is 8.69. The van der Waals surface area contributed by atoms with Crippen LogP contribution in [0.2, 0.25) is 0 Å². The summed E-state index contributed by atoms with van der Waals surface area (Å²) in [4.78, 5) is 38.4. The largest absolute Gasteiger partial charge is 0.444 e. The van der Waals surface area contributed by atoms with Gasteiger partial charge in [-0.15, -0.1) is 0 Å². The van der Waals surface area contributed by atoms with Crippen LogP contribution in [0.4, 0.5) is 4.79 Å². The van der Waals surface area contributed by atoms with E-state index in [0.29, 0.717) is 52.1 Å². The van der Waals surface area contributed by atoms with Crippen molar-refractivity contribution in [3.05, 3.63) is 52.8 Å². The van der Waals surface area contributed by atoms with Gasteiger partial charge in [0.15, 0.2) is 0 Å². The quantitative estimate of drug-likeness (QED) is 0.465. The molecule has 2 N–H and O–H groups in total. The number of pyridine rings is 1. The molecule has 0 bridgehead atoms. The monoisotopic (exact) mass is 560 g/mol. The number of likely N-dealkylation sites (tertiary alicyclic amines) is 1. The molecule has 0 saturated carbocycles. The third kappa shape index (κ3) is 5.33. The van der Waals surface area contributed by atoms with Crippen LogP contribution in [0.15, 0.2) is 30.6 Å². The number of aliphatic hydroxyl groups is 1. The number of aromatic nitrogens is 2. The number of amides is 2. The number of nitrogens with zero attached hydrogens (tertiary/aromatic N) is 3. The van der Waals surface area contributed by atoms with E-state index in [9.17, 15) is 14.7 Å². The number of rotatable bonds is 3. The molecule has 0 aliphatic carbocycles. The van der Waals surface area contributed by atoms with Crippen LogP contribution in [0.3, 0.4) is 0 Å². The van der Waals surface area contributed by atoms with E-state index < -0.39 is 11.2 Å². The molecule has 3 aliphatic rings. The number of ether oxygens (including phenoxy) is 2. The number of H-pyrrole nitrogens is 1. The van der Waals surface area contributed by atoms with Crippen LogP contribution in [0.1, 0.15) is 74.8 Å². The van der Waals surface area contributed by atoms with E-state index in [2.05, 4.69) is 35.1 Å². The fourth-order valence-electron chi connectivity index (χ4n) is 6.47. The summed E-state index contributed by atoms with van der Waals surface area (Å²) in [5.41, 5.74) is 5.36. The summed E-state index contributed by atoms with van der Waals surface area (Å²) in [5.74, 6) is -0.227. The number of carbonyl (C=O) groups excluding carboxylic acids is 2. The van der Waals surface area contributed by atoms with E-state index in [-0.39, 0.29) is 18.0 Å². The highest BCUT2D eigenvalue weighted by atomic mass is 16.6. The van der Waals surface area contributed by atoms with Gasteiger partial charge in [0.05, 0.1) is 6.04 Å². The van der Waals surface area contributed by atoms with Gasteiger partial charge in [0.1, 0.15) is 16.8 Å². The van der Waals surface area contributed by atoms with Crippen LogP contribution in [0, 0.1) is 6.92 Å². The summed E-state index contributed by atoms with van der Waals surface area (Å²) in [6.07, 6.45) is 6.53. The standard InChI is InChI=1S/C32H40N4O5/c1-20-17-33-28-24(20)16-23(18-34-28)22-14-21-7-11-35(29(37)32(39)8-12-40-13-9-32)19-26(21)25(15-22)27-6-5-10-36(27)30(38)41-31(2,3)4/h14-18,27,39H,5-13,19H2,1-4H3,(H,33,34)/t27-/m0/s1. The molecule has 0 radical (unpaired) electrons. The molecule has 2 saturated heterocycles. The third-order valence-corrected chi connectivity index (χ3v) is 8.69. The Morgan fingerprint density at radius 2 is 1.93 bits per heavy atom. The summed E-state index contributed by atoms with van der Waals surface area (Å²) in [6, 6.07) is 6.39. The van der Waals surface area contributed by atoms with Gasteiger partial charge in [-0.3, -0.25) is 4.79 Å². The Balaban J connectivity index is 1.41. The highest BCUT2D eigenvalue weighted by molar-refractivity contribution is 5.86. The molecule has 2 fully saturated rings. The lowest BCUT2D eigenvalue weighted by molar-refractivity contribution is -0.161. The lowest BCUT2D eigenvalue weighted by Gasteiger charge is -2.39. The molecule has 9 nitrogen and oxygen atoms in total. The number of nitrogens with one attached hydrogen (secondary N) is 1. The molecule has 2 aromatic heterocycles. The maximum atomic E-state index is 13.6. The summed E-state index contributed by atoms with van der Waals surface area (Å²) >= 11 is 0. The van der Waals surface area contributed by atoms with Gasteiger partial charge in [-0.2, -0.15) is 0 Å². The molecule has 1 aromatic carbocycles. The molecule has 0 spiro atoms. The van der Waals surface area contributed by atoms with Crippen molar-refractivity contribution in [2.75, 3.05) is 26.3 Å². The zero-order chi connectivity index (χ0) is 28.9. The zero-order valence-electron chi connectivity index (χ0n) is 24.5. The van der Waals surface area contributed by atoms with Crippen LogP contribution in [-0.4, -0.2) is 74.4 Å². The first-order valence-electron chi connectivity index (χ1n) is 14.7. The first-order chi connectivity index (χ1) is 19.5. The summed E-state index contributed by atoms with van der Waals surface area (Å²) in [5, 5.41) is 12.3. The van der Waals surface area contributed by atoms with Crippen molar-refractivity contribution in [1.82, 2.24) is 19.8 Å². The highest BCUT2D eigenvalue weighted by Crippen LogP contribution is 2.41. The van der Waals surface area contributed by atoms with Crippen LogP contribution in [-0.2, 0) is 27.2 Å². The van der Waals surface area contributed by atoms with Crippen molar-refractivity contribution in [3.63, 3.8) is 0 Å².